The molecule has 1 nitrogen and oxygen atoms in total. The Labute approximate surface area is 264 Å². The van der Waals surface area contributed by atoms with Gasteiger partial charge in [-0.3, -0.25) is 0 Å². The Kier molecular flexibility index (Phi) is 5.27. The molecule has 4 atom stereocenters. The van der Waals surface area contributed by atoms with Crippen molar-refractivity contribution in [3.8, 4) is 28.0 Å². The van der Waals surface area contributed by atoms with Crippen LogP contribution in [0.15, 0.2) is 140 Å². The van der Waals surface area contributed by atoms with Gasteiger partial charge in [-0.05, 0) is 75.9 Å². The summed E-state index contributed by atoms with van der Waals surface area (Å²) in [6, 6.07) is 48.7. The van der Waals surface area contributed by atoms with Gasteiger partial charge in [-0.25, -0.2) is 0 Å². The summed E-state index contributed by atoms with van der Waals surface area (Å²) in [5.41, 5.74) is 11.3. The maximum absolute atomic E-state index is 7.57. The SMILES string of the molecule is C1=CC(c2ccccc2)(c2ccc(-c3ccccc3)cc2)Oc2c1c1c(c3ccccc23)-c2ccccc2C12CC1CCC2C1. The van der Waals surface area contributed by atoms with Gasteiger partial charge in [0, 0.05) is 27.5 Å². The van der Waals surface area contributed by atoms with E-state index in [1.807, 2.05) is 0 Å². The standard InChI is InChI=1S/C44H34O/c1-3-11-30(12-4-1)31-20-23-33(24-21-31)44(32-13-5-2-6-14-32)26-25-38-41-40(35-15-7-8-16-36(35)42(38)45-44)37-17-9-10-18-39(37)43(41)28-29-19-22-34(43)27-29/h1-18,20-21,23-26,29,34H,19,22,27-28H2. The van der Waals surface area contributed by atoms with E-state index in [4.69, 9.17) is 4.74 Å². The number of fused-ring (bicyclic) bond motifs is 13. The largest absolute Gasteiger partial charge is 0.472 e. The lowest BCUT2D eigenvalue weighted by Gasteiger charge is -2.41. The molecule has 4 unspecified atom stereocenters. The van der Waals surface area contributed by atoms with Crippen molar-refractivity contribution in [3.63, 3.8) is 0 Å². The first-order valence-electron chi connectivity index (χ1n) is 16.5. The van der Waals surface area contributed by atoms with Gasteiger partial charge in [0.1, 0.15) is 5.75 Å². The lowest BCUT2D eigenvalue weighted by atomic mass is 9.65. The van der Waals surface area contributed by atoms with Gasteiger partial charge >= 0.3 is 0 Å². The summed E-state index contributed by atoms with van der Waals surface area (Å²) in [6.45, 7) is 0. The number of ether oxygens (including phenoxy) is 1. The third-order valence-corrected chi connectivity index (χ3v) is 11.5. The Morgan fingerprint density at radius 2 is 1.27 bits per heavy atom. The van der Waals surface area contributed by atoms with Crippen LogP contribution in [-0.2, 0) is 11.0 Å². The smallest absolute Gasteiger partial charge is 0.178 e. The van der Waals surface area contributed by atoms with Crippen molar-refractivity contribution in [2.24, 2.45) is 11.8 Å². The molecule has 0 saturated heterocycles. The highest BCUT2D eigenvalue weighted by molar-refractivity contribution is 6.08. The van der Waals surface area contributed by atoms with E-state index in [9.17, 15) is 0 Å². The van der Waals surface area contributed by atoms with E-state index < -0.39 is 5.60 Å². The van der Waals surface area contributed by atoms with E-state index in [0.717, 1.165) is 22.8 Å². The van der Waals surface area contributed by atoms with Gasteiger partial charge in [0.15, 0.2) is 5.60 Å². The lowest BCUT2D eigenvalue weighted by molar-refractivity contribution is 0.163. The molecule has 4 aliphatic rings. The Balaban J connectivity index is 1.23. The minimum atomic E-state index is -0.742. The molecule has 6 aromatic rings. The zero-order valence-electron chi connectivity index (χ0n) is 25.2. The molecule has 0 amide bonds. The highest BCUT2D eigenvalue weighted by atomic mass is 16.5. The van der Waals surface area contributed by atoms with Gasteiger partial charge < -0.3 is 4.74 Å². The predicted octanol–water partition coefficient (Wildman–Crippen LogP) is 10.9. The Morgan fingerprint density at radius 3 is 2.02 bits per heavy atom. The zero-order chi connectivity index (χ0) is 29.6. The molecule has 2 bridgehead atoms. The normalized spacial score (nSPS) is 25.2. The number of rotatable bonds is 3. The summed E-state index contributed by atoms with van der Waals surface area (Å²) in [6.07, 6.45) is 10.1. The number of hydrogen-bond donors (Lipinski definition) is 0. The summed E-state index contributed by atoms with van der Waals surface area (Å²) >= 11 is 0. The van der Waals surface area contributed by atoms with Crippen molar-refractivity contribution in [2.75, 3.05) is 0 Å². The molecule has 6 aromatic carbocycles. The maximum Gasteiger partial charge on any atom is 0.178 e. The molecule has 0 N–H and O–H groups in total. The van der Waals surface area contributed by atoms with Gasteiger partial charge in [0.25, 0.3) is 0 Å². The maximum atomic E-state index is 7.57. The first-order valence-corrected chi connectivity index (χ1v) is 16.5. The topological polar surface area (TPSA) is 9.23 Å². The molecule has 1 spiro atoms. The van der Waals surface area contributed by atoms with E-state index in [1.165, 1.54) is 69.8 Å². The molecule has 216 valence electrons. The molecule has 3 aliphatic carbocycles. The van der Waals surface area contributed by atoms with Crippen molar-refractivity contribution >= 4 is 16.8 Å². The van der Waals surface area contributed by atoms with Gasteiger partial charge in [-0.15, -0.1) is 0 Å². The lowest BCUT2D eigenvalue weighted by Crippen LogP contribution is -2.36. The average Bonchev–Trinajstić information content (AvgIpc) is 3.82. The van der Waals surface area contributed by atoms with Crippen LogP contribution in [0.2, 0.25) is 0 Å². The molecule has 0 radical (unpaired) electrons. The Bertz CT molecular complexity index is 2140. The van der Waals surface area contributed by atoms with Crippen molar-refractivity contribution in [2.45, 2.75) is 36.7 Å². The van der Waals surface area contributed by atoms with Gasteiger partial charge in [0.2, 0.25) is 0 Å². The molecule has 1 heterocycles. The Morgan fingerprint density at radius 1 is 0.600 bits per heavy atom. The molecule has 0 aromatic heterocycles. The van der Waals surface area contributed by atoms with Crippen molar-refractivity contribution in [1.82, 2.24) is 0 Å². The van der Waals surface area contributed by atoms with Gasteiger partial charge in [0.05, 0.1) is 0 Å². The minimum absolute atomic E-state index is 0.0702. The quantitative estimate of drug-likeness (QED) is 0.203. The molecular formula is C44H34O. The summed E-state index contributed by atoms with van der Waals surface area (Å²) in [5.74, 6) is 2.53. The molecule has 2 fully saturated rings. The van der Waals surface area contributed by atoms with E-state index in [-0.39, 0.29) is 5.41 Å². The second-order valence-electron chi connectivity index (χ2n) is 13.6. The van der Waals surface area contributed by atoms with Gasteiger partial charge in [-0.2, -0.15) is 0 Å². The van der Waals surface area contributed by atoms with Crippen LogP contribution in [0.25, 0.3) is 39.1 Å². The molecular weight excluding hydrogens is 544 g/mol. The van der Waals surface area contributed by atoms with E-state index >= 15 is 0 Å². The van der Waals surface area contributed by atoms with Crippen molar-refractivity contribution in [3.05, 3.63) is 167 Å². The summed E-state index contributed by atoms with van der Waals surface area (Å²) in [4.78, 5) is 0. The molecule has 1 aliphatic heterocycles. The first-order chi connectivity index (χ1) is 22.3. The fourth-order valence-corrected chi connectivity index (χ4v) is 9.73. The fourth-order valence-electron chi connectivity index (χ4n) is 9.73. The van der Waals surface area contributed by atoms with Crippen LogP contribution in [0.4, 0.5) is 0 Å². The fraction of sp³-hybridized carbons (Fsp3) is 0.182. The molecule has 2 saturated carbocycles. The second-order valence-corrected chi connectivity index (χ2v) is 13.6. The van der Waals surface area contributed by atoms with Crippen molar-refractivity contribution in [1.29, 1.82) is 0 Å². The monoisotopic (exact) mass is 578 g/mol. The van der Waals surface area contributed by atoms with Crippen LogP contribution in [0.1, 0.15) is 53.5 Å². The highest BCUT2D eigenvalue weighted by Crippen LogP contribution is 2.68. The summed E-state index contributed by atoms with van der Waals surface area (Å²) in [7, 11) is 0. The van der Waals surface area contributed by atoms with E-state index in [2.05, 4.69) is 146 Å². The Hall–Kier alpha value is -4.88. The minimum Gasteiger partial charge on any atom is -0.472 e. The summed E-state index contributed by atoms with van der Waals surface area (Å²) < 4.78 is 7.57. The van der Waals surface area contributed by atoms with Gasteiger partial charge in [-0.1, -0.05) is 146 Å². The molecule has 10 rings (SSSR count). The van der Waals surface area contributed by atoms with Crippen LogP contribution >= 0.6 is 0 Å². The van der Waals surface area contributed by atoms with Crippen LogP contribution in [0, 0.1) is 11.8 Å². The number of benzene rings is 6. The summed E-state index contributed by atoms with van der Waals surface area (Å²) in [5, 5.41) is 2.52. The zero-order valence-corrected chi connectivity index (χ0v) is 25.2. The van der Waals surface area contributed by atoms with Crippen molar-refractivity contribution < 1.29 is 4.74 Å². The van der Waals surface area contributed by atoms with Crippen LogP contribution in [0.5, 0.6) is 5.75 Å². The highest BCUT2D eigenvalue weighted by Gasteiger charge is 2.58. The number of hydrogen-bond acceptors (Lipinski definition) is 1. The van der Waals surface area contributed by atoms with Crippen LogP contribution in [0.3, 0.4) is 0 Å². The first kappa shape index (κ1) is 25.4. The van der Waals surface area contributed by atoms with E-state index in [1.54, 1.807) is 5.56 Å². The van der Waals surface area contributed by atoms with E-state index in [0.29, 0.717) is 5.92 Å². The van der Waals surface area contributed by atoms with Crippen LogP contribution in [-0.4, -0.2) is 0 Å². The van der Waals surface area contributed by atoms with Crippen LogP contribution < -0.4 is 4.74 Å². The molecule has 45 heavy (non-hydrogen) atoms. The third-order valence-electron chi connectivity index (χ3n) is 11.5. The third kappa shape index (κ3) is 3.39. The molecule has 1 heteroatoms. The average molecular weight is 579 g/mol. The second kappa shape index (κ2) is 9.31. The predicted molar refractivity (Wildman–Crippen MR) is 184 cm³/mol.